The number of alkyl halides is 2. The lowest BCUT2D eigenvalue weighted by molar-refractivity contribution is -0.121. The second kappa shape index (κ2) is 10.0. The van der Waals surface area contributed by atoms with Crippen LogP contribution in [-0.4, -0.2) is 18.4 Å². The molecule has 0 saturated heterocycles. The van der Waals surface area contributed by atoms with E-state index < -0.39 is 6.61 Å². The third-order valence-corrected chi connectivity index (χ3v) is 4.92. The zero-order valence-corrected chi connectivity index (χ0v) is 16.0. The lowest BCUT2D eigenvalue weighted by atomic mass is 10.1. The van der Waals surface area contributed by atoms with Gasteiger partial charge in [0.2, 0.25) is 11.8 Å². The molecule has 5 nitrogen and oxygen atoms in total. The lowest BCUT2D eigenvalue weighted by Crippen LogP contribution is -2.24. The van der Waals surface area contributed by atoms with Crippen LogP contribution in [0.5, 0.6) is 5.75 Å². The number of ether oxygens (including phenoxy) is 1. The topological polar surface area (TPSA) is 67.4 Å². The van der Waals surface area contributed by atoms with Gasteiger partial charge in [-0.25, -0.2) is 0 Å². The summed E-state index contributed by atoms with van der Waals surface area (Å²) < 4.78 is 28.6. The van der Waals surface area contributed by atoms with E-state index in [1.54, 1.807) is 12.1 Å². The minimum absolute atomic E-state index is 0.0561. The van der Waals surface area contributed by atoms with E-state index in [1.165, 1.54) is 12.1 Å². The Morgan fingerprint density at radius 3 is 2.45 bits per heavy atom. The van der Waals surface area contributed by atoms with Crippen LogP contribution in [0, 0.1) is 5.92 Å². The molecule has 0 aliphatic heterocycles. The minimum Gasteiger partial charge on any atom is -0.435 e. The van der Waals surface area contributed by atoms with Crippen molar-refractivity contribution in [3.05, 3.63) is 59.7 Å². The van der Waals surface area contributed by atoms with E-state index in [2.05, 4.69) is 15.4 Å². The van der Waals surface area contributed by atoms with Gasteiger partial charge in [0.1, 0.15) is 5.75 Å². The first-order valence-electron chi connectivity index (χ1n) is 9.70. The fraction of sp³-hybridized carbons (Fsp3) is 0.364. The molecule has 1 aliphatic rings. The largest absolute Gasteiger partial charge is 0.435 e. The number of anilines is 1. The van der Waals surface area contributed by atoms with Gasteiger partial charge >= 0.3 is 6.61 Å². The molecule has 0 spiro atoms. The number of halogens is 2. The van der Waals surface area contributed by atoms with Crippen molar-refractivity contribution in [3.8, 4) is 5.75 Å². The quantitative estimate of drug-likeness (QED) is 0.693. The Morgan fingerprint density at radius 1 is 1.03 bits per heavy atom. The molecule has 1 aliphatic carbocycles. The van der Waals surface area contributed by atoms with Gasteiger partial charge in [0.05, 0.1) is 6.42 Å². The zero-order chi connectivity index (χ0) is 20.6. The number of hydrogen-bond donors (Lipinski definition) is 2. The van der Waals surface area contributed by atoms with Crippen molar-refractivity contribution in [3.63, 3.8) is 0 Å². The van der Waals surface area contributed by atoms with E-state index in [0.717, 1.165) is 36.9 Å². The van der Waals surface area contributed by atoms with Gasteiger partial charge in [-0.2, -0.15) is 8.78 Å². The lowest BCUT2D eigenvalue weighted by Gasteiger charge is -2.12. The van der Waals surface area contributed by atoms with Crippen molar-refractivity contribution in [2.75, 3.05) is 5.32 Å². The first kappa shape index (κ1) is 20.8. The molecule has 7 heteroatoms. The predicted octanol–water partition coefficient (Wildman–Crippen LogP) is 4.28. The average Bonchev–Trinajstić information content (AvgIpc) is 3.23. The van der Waals surface area contributed by atoms with E-state index in [0.29, 0.717) is 12.1 Å². The first-order chi connectivity index (χ1) is 14.0. The third kappa shape index (κ3) is 6.55. The summed E-state index contributed by atoms with van der Waals surface area (Å²) in [6.45, 7) is -2.54. The normalized spacial score (nSPS) is 14.0. The zero-order valence-electron chi connectivity index (χ0n) is 16.0. The number of amides is 2. The van der Waals surface area contributed by atoms with Crippen molar-refractivity contribution < 1.29 is 23.1 Å². The minimum atomic E-state index is -2.87. The van der Waals surface area contributed by atoms with E-state index in [4.69, 9.17) is 0 Å². The second-order valence-corrected chi connectivity index (χ2v) is 7.15. The van der Waals surface area contributed by atoms with Crippen molar-refractivity contribution in [1.29, 1.82) is 0 Å². The number of rotatable bonds is 8. The summed E-state index contributed by atoms with van der Waals surface area (Å²) in [5.41, 5.74) is 2.30. The molecule has 29 heavy (non-hydrogen) atoms. The molecule has 0 radical (unpaired) electrons. The number of benzene rings is 2. The van der Waals surface area contributed by atoms with Crippen LogP contribution in [0.25, 0.3) is 0 Å². The highest BCUT2D eigenvalue weighted by molar-refractivity contribution is 5.92. The molecule has 2 aromatic carbocycles. The van der Waals surface area contributed by atoms with Crippen LogP contribution >= 0.6 is 0 Å². The molecule has 0 atom stereocenters. The maximum atomic E-state index is 12.2. The van der Waals surface area contributed by atoms with E-state index in [1.807, 2.05) is 24.3 Å². The molecule has 2 amide bonds. The second-order valence-electron chi connectivity index (χ2n) is 7.15. The summed E-state index contributed by atoms with van der Waals surface area (Å²) >= 11 is 0. The summed E-state index contributed by atoms with van der Waals surface area (Å²) in [5, 5.41) is 5.78. The van der Waals surface area contributed by atoms with Crippen LogP contribution in [0.4, 0.5) is 14.5 Å². The Bertz CT molecular complexity index is 834. The molecule has 3 rings (SSSR count). The first-order valence-corrected chi connectivity index (χ1v) is 9.70. The van der Waals surface area contributed by atoms with Gasteiger partial charge in [0.15, 0.2) is 0 Å². The number of carbonyl (C=O) groups excluding carboxylic acids is 2. The van der Waals surface area contributed by atoms with Crippen LogP contribution in [0.15, 0.2) is 48.5 Å². The van der Waals surface area contributed by atoms with Crippen molar-refractivity contribution >= 4 is 17.5 Å². The fourth-order valence-electron chi connectivity index (χ4n) is 3.43. The van der Waals surface area contributed by atoms with Crippen molar-refractivity contribution in [2.24, 2.45) is 5.92 Å². The standard InChI is InChI=1S/C22H24F2N2O3/c23-22(24)29-19-10-8-15(9-11-19)13-20(27)25-14-16-4-3-7-18(12-16)26-21(28)17-5-1-2-6-17/h3-4,7-12,17,22H,1-2,5-6,13-14H2,(H,25,27)(H,26,28). The Kier molecular flexibility index (Phi) is 7.16. The van der Waals surface area contributed by atoms with Crippen LogP contribution in [0.3, 0.4) is 0 Å². The predicted molar refractivity (Wildman–Crippen MR) is 106 cm³/mol. The summed E-state index contributed by atoms with van der Waals surface area (Å²) in [7, 11) is 0. The Morgan fingerprint density at radius 2 is 1.76 bits per heavy atom. The van der Waals surface area contributed by atoms with Crippen molar-refractivity contribution in [2.45, 2.75) is 45.3 Å². The van der Waals surface area contributed by atoms with Gasteiger partial charge in [0, 0.05) is 18.2 Å². The monoisotopic (exact) mass is 402 g/mol. The fourth-order valence-corrected chi connectivity index (χ4v) is 3.43. The SMILES string of the molecule is O=C(Cc1ccc(OC(F)F)cc1)NCc1cccc(NC(=O)C2CCCC2)c1. The summed E-state index contributed by atoms with van der Waals surface area (Å²) in [5.74, 6) is 0.0207. The Balaban J connectivity index is 1.47. The molecule has 0 heterocycles. The number of hydrogen-bond acceptors (Lipinski definition) is 3. The molecule has 0 aromatic heterocycles. The van der Waals surface area contributed by atoms with E-state index in [9.17, 15) is 18.4 Å². The van der Waals surface area contributed by atoms with Crippen LogP contribution in [0.1, 0.15) is 36.8 Å². The molecular weight excluding hydrogens is 378 g/mol. The number of nitrogens with one attached hydrogen (secondary N) is 2. The van der Waals surface area contributed by atoms with Gasteiger partial charge in [-0.05, 0) is 48.2 Å². The smallest absolute Gasteiger partial charge is 0.387 e. The Labute approximate surface area is 168 Å². The van der Waals surface area contributed by atoms with Gasteiger partial charge in [-0.15, -0.1) is 0 Å². The molecular formula is C22H24F2N2O3. The molecule has 1 saturated carbocycles. The molecule has 0 unspecified atom stereocenters. The highest BCUT2D eigenvalue weighted by Gasteiger charge is 2.22. The number of carbonyl (C=O) groups is 2. The van der Waals surface area contributed by atoms with Gasteiger partial charge < -0.3 is 15.4 Å². The summed E-state index contributed by atoms with van der Waals surface area (Å²) in [6.07, 6.45) is 4.22. The van der Waals surface area contributed by atoms with Gasteiger partial charge in [-0.1, -0.05) is 37.1 Å². The third-order valence-electron chi connectivity index (χ3n) is 4.92. The maximum Gasteiger partial charge on any atom is 0.387 e. The molecule has 2 aromatic rings. The van der Waals surface area contributed by atoms with E-state index >= 15 is 0 Å². The van der Waals surface area contributed by atoms with Crippen molar-refractivity contribution in [1.82, 2.24) is 5.32 Å². The van der Waals surface area contributed by atoms with Crippen LogP contribution < -0.4 is 15.4 Å². The highest BCUT2D eigenvalue weighted by atomic mass is 19.3. The summed E-state index contributed by atoms with van der Waals surface area (Å²) in [6, 6.07) is 13.4. The highest BCUT2D eigenvalue weighted by Crippen LogP contribution is 2.26. The Hall–Kier alpha value is -2.96. The van der Waals surface area contributed by atoms with Crippen LogP contribution in [0.2, 0.25) is 0 Å². The van der Waals surface area contributed by atoms with Crippen LogP contribution in [-0.2, 0) is 22.6 Å². The van der Waals surface area contributed by atoms with Gasteiger partial charge in [0.25, 0.3) is 0 Å². The maximum absolute atomic E-state index is 12.2. The van der Waals surface area contributed by atoms with Gasteiger partial charge in [-0.3, -0.25) is 9.59 Å². The molecule has 2 N–H and O–H groups in total. The van der Waals surface area contributed by atoms with E-state index in [-0.39, 0.29) is 29.9 Å². The molecule has 0 bridgehead atoms. The average molecular weight is 402 g/mol. The molecule has 1 fully saturated rings. The summed E-state index contributed by atoms with van der Waals surface area (Å²) in [4.78, 5) is 24.4. The molecule has 154 valence electrons.